The molecular weight excluding hydrogens is 460 g/mol. The number of nitrogens with zero attached hydrogens (tertiary/aromatic N) is 2. The molecule has 2 aliphatic heterocycles. The topological polar surface area (TPSA) is 110 Å². The predicted octanol–water partition coefficient (Wildman–Crippen LogP) is 4.15. The second kappa shape index (κ2) is 10.5. The first-order valence-electron chi connectivity index (χ1n) is 11.9. The number of hydrogen-bond acceptors (Lipinski definition) is 6. The molecule has 184 valence electrons. The van der Waals surface area contributed by atoms with Crippen LogP contribution >= 0.6 is 0 Å². The van der Waals surface area contributed by atoms with Crippen molar-refractivity contribution < 1.29 is 23.9 Å². The van der Waals surface area contributed by atoms with E-state index < -0.39 is 11.8 Å². The molecule has 0 aliphatic carbocycles. The predicted molar refractivity (Wildman–Crippen MR) is 133 cm³/mol. The monoisotopic (exact) mass is 486 g/mol. The van der Waals surface area contributed by atoms with Crippen LogP contribution in [0.3, 0.4) is 0 Å². The minimum Gasteiger partial charge on any atom is -0.454 e. The smallest absolute Gasteiger partial charge is 0.313 e. The maximum absolute atomic E-state index is 13.2. The molecule has 3 amide bonds. The van der Waals surface area contributed by atoms with Crippen LogP contribution in [0, 0.1) is 0 Å². The van der Waals surface area contributed by atoms with Crippen LogP contribution in [-0.2, 0) is 9.59 Å². The van der Waals surface area contributed by atoms with Gasteiger partial charge in [-0.2, -0.15) is 0 Å². The Morgan fingerprint density at radius 1 is 0.861 bits per heavy atom. The summed E-state index contributed by atoms with van der Waals surface area (Å²) in [4.78, 5) is 44.5. The largest absolute Gasteiger partial charge is 0.454 e. The van der Waals surface area contributed by atoms with Gasteiger partial charge in [-0.05, 0) is 66.9 Å². The Bertz CT molecular complexity index is 1280. The van der Waals surface area contributed by atoms with Crippen molar-refractivity contribution in [2.24, 2.45) is 0 Å². The average Bonchev–Trinajstić information content (AvgIpc) is 3.24. The number of benzene rings is 2. The molecule has 0 bridgehead atoms. The van der Waals surface area contributed by atoms with Crippen LogP contribution < -0.4 is 20.1 Å². The summed E-state index contributed by atoms with van der Waals surface area (Å²) in [6.07, 6.45) is 7.05. The van der Waals surface area contributed by atoms with Crippen molar-refractivity contribution in [3.05, 3.63) is 78.1 Å². The number of anilines is 2. The zero-order valence-electron chi connectivity index (χ0n) is 19.6. The van der Waals surface area contributed by atoms with Crippen LogP contribution in [0.15, 0.2) is 67.0 Å². The van der Waals surface area contributed by atoms with Crippen molar-refractivity contribution in [2.45, 2.75) is 31.7 Å². The Kier molecular flexibility index (Phi) is 6.79. The van der Waals surface area contributed by atoms with Crippen molar-refractivity contribution in [3.63, 3.8) is 0 Å². The Morgan fingerprint density at radius 3 is 2.47 bits per heavy atom. The minimum atomic E-state index is -0.713. The highest BCUT2D eigenvalue weighted by Crippen LogP contribution is 2.33. The fraction of sp³-hybridized carbons (Fsp3) is 0.259. The van der Waals surface area contributed by atoms with E-state index in [1.165, 1.54) is 0 Å². The van der Waals surface area contributed by atoms with E-state index in [-0.39, 0.29) is 18.7 Å². The van der Waals surface area contributed by atoms with Gasteiger partial charge >= 0.3 is 11.8 Å². The number of likely N-dealkylation sites (tertiary alicyclic amines) is 1. The van der Waals surface area contributed by atoms with Crippen LogP contribution in [0.1, 0.15) is 47.6 Å². The molecule has 1 unspecified atom stereocenters. The Morgan fingerprint density at radius 2 is 1.64 bits per heavy atom. The number of nitrogens with one attached hydrogen (secondary N) is 2. The summed E-state index contributed by atoms with van der Waals surface area (Å²) in [7, 11) is 0. The number of fused-ring (bicyclic) bond motifs is 1. The lowest BCUT2D eigenvalue weighted by Gasteiger charge is -2.29. The lowest BCUT2D eigenvalue weighted by atomic mass is 10.0. The number of rotatable bonds is 4. The van der Waals surface area contributed by atoms with Crippen molar-refractivity contribution in [1.82, 2.24) is 9.88 Å². The number of carbonyl (C=O) groups excluding carboxylic acids is 3. The molecular formula is C27H26N4O5. The van der Waals surface area contributed by atoms with Gasteiger partial charge < -0.3 is 25.0 Å². The zero-order chi connectivity index (χ0) is 24.9. The van der Waals surface area contributed by atoms with Gasteiger partial charge in [-0.25, -0.2) is 0 Å². The fourth-order valence-electron chi connectivity index (χ4n) is 4.51. The molecule has 1 saturated heterocycles. The normalized spacial score (nSPS) is 16.7. The first-order valence-corrected chi connectivity index (χ1v) is 11.9. The molecule has 0 saturated carbocycles. The van der Waals surface area contributed by atoms with Crippen molar-refractivity contribution in [1.29, 1.82) is 0 Å². The Balaban J connectivity index is 1.26. The van der Waals surface area contributed by atoms with Crippen LogP contribution in [0.25, 0.3) is 0 Å². The number of carbonyl (C=O) groups is 3. The molecule has 1 atom stereocenters. The number of pyridine rings is 1. The van der Waals surface area contributed by atoms with Gasteiger partial charge in [0.1, 0.15) is 0 Å². The fourth-order valence-corrected chi connectivity index (χ4v) is 4.51. The summed E-state index contributed by atoms with van der Waals surface area (Å²) < 4.78 is 10.6. The van der Waals surface area contributed by atoms with Crippen LogP contribution in [0.4, 0.5) is 11.4 Å². The van der Waals surface area contributed by atoms with Gasteiger partial charge in [0.05, 0.1) is 6.04 Å². The highest BCUT2D eigenvalue weighted by molar-refractivity contribution is 6.39. The highest BCUT2D eigenvalue weighted by Gasteiger charge is 2.31. The summed E-state index contributed by atoms with van der Waals surface area (Å²) in [5, 5.41) is 5.49. The van der Waals surface area contributed by atoms with Crippen LogP contribution in [0.2, 0.25) is 0 Å². The first kappa shape index (κ1) is 23.3. The SMILES string of the molecule is O=C(Nc1cccc(NC(=O)c2ccc3c(c2)OCO3)c1)C(=O)N1CCCCCC1c1ccncc1. The summed E-state index contributed by atoms with van der Waals surface area (Å²) in [5.74, 6) is -0.515. The molecule has 2 N–H and O–H groups in total. The maximum Gasteiger partial charge on any atom is 0.313 e. The molecule has 36 heavy (non-hydrogen) atoms. The van der Waals surface area contributed by atoms with Gasteiger partial charge in [0.25, 0.3) is 5.91 Å². The van der Waals surface area contributed by atoms with Gasteiger partial charge in [-0.1, -0.05) is 18.9 Å². The molecule has 1 aromatic heterocycles. The number of ether oxygens (including phenoxy) is 2. The molecule has 9 nitrogen and oxygen atoms in total. The van der Waals surface area contributed by atoms with Crippen molar-refractivity contribution in [3.8, 4) is 11.5 Å². The van der Waals surface area contributed by atoms with Gasteiger partial charge in [-0.15, -0.1) is 0 Å². The molecule has 0 radical (unpaired) electrons. The first-order chi connectivity index (χ1) is 17.6. The minimum absolute atomic E-state index is 0.127. The molecule has 0 spiro atoms. The van der Waals surface area contributed by atoms with Gasteiger partial charge in [-0.3, -0.25) is 19.4 Å². The second-order valence-corrected chi connectivity index (χ2v) is 8.70. The number of aromatic nitrogens is 1. The third-order valence-electron chi connectivity index (χ3n) is 6.31. The molecule has 2 aromatic carbocycles. The number of hydrogen-bond donors (Lipinski definition) is 2. The van der Waals surface area contributed by atoms with E-state index in [1.54, 1.807) is 59.8 Å². The number of amides is 3. The highest BCUT2D eigenvalue weighted by atomic mass is 16.7. The summed E-state index contributed by atoms with van der Waals surface area (Å²) in [5.41, 5.74) is 2.27. The lowest BCUT2D eigenvalue weighted by Crippen LogP contribution is -2.42. The van der Waals surface area contributed by atoms with Crippen LogP contribution in [0.5, 0.6) is 11.5 Å². The van der Waals surface area contributed by atoms with Crippen molar-refractivity contribution >= 4 is 29.1 Å². The molecule has 2 aliphatic rings. The van der Waals surface area contributed by atoms with Crippen LogP contribution in [-0.4, -0.2) is 40.9 Å². The van der Waals surface area contributed by atoms with E-state index in [1.807, 2.05) is 12.1 Å². The maximum atomic E-state index is 13.2. The van der Waals surface area contributed by atoms with E-state index in [4.69, 9.17) is 9.47 Å². The molecule has 3 heterocycles. The second-order valence-electron chi connectivity index (χ2n) is 8.70. The van der Waals surface area contributed by atoms with E-state index >= 15 is 0 Å². The average molecular weight is 487 g/mol. The molecule has 3 aromatic rings. The third kappa shape index (κ3) is 5.14. The quantitative estimate of drug-likeness (QED) is 0.537. The zero-order valence-corrected chi connectivity index (χ0v) is 19.6. The van der Waals surface area contributed by atoms with Gasteiger partial charge in [0.15, 0.2) is 11.5 Å². The molecule has 9 heteroatoms. The lowest BCUT2D eigenvalue weighted by molar-refractivity contribution is -0.144. The van der Waals surface area contributed by atoms with E-state index in [9.17, 15) is 14.4 Å². The van der Waals surface area contributed by atoms with Crippen molar-refractivity contribution in [2.75, 3.05) is 24.0 Å². The van der Waals surface area contributed by atoms with E-state index in [2.05, 4.69) is 15.6 Å². The van der Waals surface area contributed by atoms with E-state index in [0.717, 1.165) is 31.2 Å². The Labute approximate surface area is 208 Å². The van der Waals surface area contributed by atoms with E-state index in [0.29, 0.717) is 35.0 Å². The van der Waals surface area contributed by atoms with Gasteiger partial charge in [0.2, 0.25) is 6.79 Å². The summed E-state index contributed by atoms with van der Waals surface area (Å²) in [6.45, 7) is 0.645. The standard InChI is InChI=1S/C27H26N4O5/c32-25(19-8-9-23-24(15-19)36-17-35-23)29-20-5-4-6-21(16-20)30-26(33)27(34)31-14-3-1-2-7-22(31)18-10-12-28-13-11-18/h4-6,8-13,15-16,22H,1-3,7,14,17H2,(H,29,32)(H,30,33). The summed E-state index contributed by atoms with van der Waals surface area (Å²) >= 11 is 0. The Hall–Kier alpha value is -4.40. The third-order valence-corrected chi connectivity index (χ3v) is 6.31. The molecule has 5 rings (SSSR count). The molecule has 1 fully saturated rings. The van der Waals surface area contributed by atoms with Gasteiger partial charge in [0, 0.05) is 35.9 Å². The summed E-state index contributed by atoms with van der Waals surface area (Å²) in [6, 6.07) is 15.2.